The van der Waals surface area contributed by atoms with Crippen LogP contribution in [0.3, 0.4) is 0 Å². The Morgan fingerprint density at radius 3 is 2.50 bits per heavy atom. The van der Waals surface area contributed by atoms with Gasteiger partial charge in [-0.15, -0.1) is 11.3 Å². The van der Waals surface area contributed by atoms with Crippen LogP contribution in [0.2, 0.25) is 0 Å². The van der Waals surface area contributed by atoms with E-state index in [0.29, 0.717) is 12.3 Å². The van der Waals surface area contributed by atoms with Crippen LogP contribution in [0, 0.1) is 13.8 Å². The van der Waals surface area contributed by atoms with E-state index in [1.54, 1.807) is 6.92 Å². The van der Waals surface area contributed by atoms with Crippen LogP contribution in [0.4, 0.5) is 5.69 Å². The summed E-state index contributed by atoms with van der Waals surface area (Å²) >= 11 is 1.48. The van der Waals surface area contributed by atoms with E-state index in [0.717, 1.165) is 21.7 Å². The van der Waals surface area contributed by atoms with Crippen molar-refractivity contribution >= 4 is 28.7 Å². The molecule has 0 N–H and O–H groups in total. The highest BCUT2D eigenvalue weighted by Gasteiger charge is 2.16. The zero-order valence-corrected chi connectivity index (χ0v) is 12.7. The Kier molecular flexibility index (Phi) is 4.69. The molecular weight excluding hydrogens is 270 g/mol. The Morgan fingerprint density at radius 1 is 1.25 bits per heavy atom. The maximum absolute atomic E-state index is 12.1. The highest BCUT2D eigenvalue weighted by atomic mass is 32.1. The van der Waals surface area contributed by atoms with Gasteiger partial charge in [0.2, 0.25) is 0 Å². The van der Waals surface area contributed by atoms with Crippen molar-refractivity contribution in [3.05, 3.63) is 51.7 Å². The summed E-state index contributed by atoms with van der Waals surface area (Å²) in [6, 6.07) is 9.77. The van der Waals surface area contributed by atoms with E-state index < -0.39 is 0 Å². The molecule has 0 fully saturated rings. The second-order valence-electron chi connectivity index (χ2n) is 4.50. The number of aliphatic imine (C=N–C) groups is 1. The summed E-state index contributed by atoms with van der Waals surface area (Å²) in [6.07, 6.45) is 0. The first kappa shape index (κ1) is 14.5. The molecule has 20 heavy (non-hydrogen) atoms. The number of rotatable bonds is 4. The molecule has 0 unspecified atom stereocenters. The summed E-state index contributed by atoms with van der Waals surface area (Å²) in [4.78, 5) is 17.4. The third kappa shape index (κ3) is 3.54. The molecule has 0 radical (unpaired) electrons. The summed E-state index contributed by atoms with van der Waals surface area (Å²) in [7, 11) is 0. The molecule has 1 aromatic heterocycles. The molecule has 0 aliphatic heterocycles. The molecule has 104 valence electrons. The third-order valence-electron chi connectivity index (χ3n) is 2.67. The van der Waals surface area contributed by atoms with Crippen LogP contribution in [-0.4, -0.2) is 18.3 Å². The van der Waals surface area contributed by atoms with E-state index in [1.165, 1.54) is 11.3 Å². The molecule has 0 spiro atoms. The smallest absolute Gasteiger partial charge is 0.358 e. The van der Waals surface area contributed by atoms with Crippen molar-refractivity contribution in [2.24, 2.45) is 4.99 Å². The lowest BCUT2D eigenvalue weighted by molar-refractivity contribution is -0.134. The van der Waals surface area contributed by atoms with Gasteiger partial charge in [-0.2, -0.15) is 0 Å². The minimum atomic E-state index is -0.380. The van der Waals surface area contributed by atoms with Crippen molar-refractivity contribution in [1.82, 2.24) is 0 Å². The number of nitrogens with zero attached hydrogens (tertiary/aromatic N) is 1. The molecule has 0 aliphatic carbocycles. The summed E-state index contributed by atoms with van der Waals surface area (Å²) in [5.74, 6) is -0.380. The van der Waals surface area contributed by atoms with E-state index >= 15 is 0 Å². The van der Waals surface area contributed by atoms with Crippen LogP contribution < -0.4 is 0 Å². The molecule has 1 heterocycles. The van der Waals surface area contributed by atoms with Gasteiger partial charge >= 0.3 is 5.97 Å². The van der Waals surface area contributed by atoms with Crippen LogP contribution >= 0.6 is 11.3 Å². The molecule has 3 nitrogen and oxygen atoms in total. The van der Waals surface area contributed by atoms with Crippen LogP contribution in [-0.2, 0) is 9.53 Å². The monoisotopic (exact) mass is 287 g/mol. The van der Waals surface area contributed by atoms with Gasteiger partial charge < -0.3 is 4.74 Å². The lowest BCUT2D eigenvalue weighted by Gasteiger charge is -2.05. The molecule has 0 saturated carbocycles. The fraction of sp³-hybridized carbons (Fsp3) is 0.250. The number of hydrogen-bond acceptors (Lipinski definition) is 4. The van der Waals surface area contributed by atoms with Gasteiger partial charge in [0.1, 0.15) is 0 Å². The summed E-state index contributed by atoms with van der Waals surface area (Å²) in [5.41, 5.74) is 3.39. The molecule has 0 saturated heterocycles. The molecule has 2 rings (SSSR count). The molecule has 0 atom stereocenters. The molecule has 2 aromatic rings. The van der Waals surface area contributed by atoms with E-state index in [9.17, 15) is 4.79 Å². The highest BCUT2D eigenvalue weighted by Crippen LogP contribution is 2.20. The lowest BCUT2D eigenvalue weighted by Crippen LogP contribution is -2.17. The van der Waals surface area contributed by atoms with Crippen molar-refractivity contribution in [3.63, 3.8) is 0 Å². The van der Waals surface area contributed by atoms with Crippen LogP contribution in [0.25, 0.3) is 0 Å². The number of carbonyl (C=O) groups is 1. The summed E-state index contributed by atoms with van der Waals surface area (Å²) < 4.78 is 5.10. The number of ether oxygens (including phenoxy) is 1. The van der Waals surface area contributed by atoms with Gasteiger partial charge in [0.25, 0.3) is 0 Å². The molecule has 0 bridgehead atoms. The zero-order valence-electron chi connectivity index (χ0n) is 11.8. The number of esters is 1. The number of thiophene rings is 1. The van der Waals surface area contributed by atoms with E-state index in [2.05, 4.69) is 11.1 Å². The largest absolute Gasteiger partial charge is 0.461 e. The third-order valence-corrected chi connectivity index (χ3v) is 3.55. The SMILES string of the molecule is CCOC(=O)C(=Nc1cc(C)cc(C)c1)c1cccs1. The average Bonchev–Trinajstić information content (AvgIpc) is 2.88. The first-order valence-electron chi connectivity index (χ1n) is 6.48. The van der Waals surface area contributed by atoms with Crippen molar-refractivity contribution in [2.45, 2.75) is 20.8 Å². The minimum Gasteiger partial charge on any atom is -0.461 e. The van der Waals surface area contributed by atoms with E-state index in [1.807, 2.05) is 43.5 Å². The Bertz CT molecular complexity index is 610. The van der Waals surface area contributed by atoms with Gasteiger partial charge in [-0.3, -0.25) is 0 Å². The zero-order chi connectivity index (χ0) is 14.5. The Balaban J connectivity index is 2.45. The predicted octanol–water partition coefficient (Wildman–Crippen LogP) is 4.05. The van der Waals surface area contributed by atoms with Gasteiger partial charge in [0.05, 0.1) is 17.2 Å². The summed E-state index contributed by atoms with van der Waals surface area (Å²) in [5, 5.41) is 1.92. The first-order valence-corrected chi connectivity index (χ1v) is 7.36. The standard InChI is InChI=1S/C16H17NO2S/c1-4-19-16(18)15(14-6-5-7-20-14)17-13-9-11(2)8-12(3)10-13/h5-10H,4H2,1-3H3. The summed E-state index contributed by atoms with van der Waals surface area (Å²) in [6.45, 7) is 6.17. The Morgan fingerprint density at radius 2 is 1.95 bits per heavy atom. The fourth-order valence-corrected chi connectivity index (χ4v) is 2.66. The number of hydrogen-bond donors (Lipinski definition) is 0. The van der Waals surface area contributed by atoms with Gasteiger partial charge in [0, 0.05) is 0 Å². The second-order valence-corrected chi connectivity index (χ2v) is 5.45. The van der Waals surface area contributed by atoms with E-state index in [4.69, 9.17) is 4.74 Å². The minimum absolute atomic E-state index is 0.343. The van der Waals surface area contributed by atoms with Gasteiger partial charge in [-0.25, -0.2) is 9.79 Å². The lowest BCUT2D eigenvalue weighted by atomic mass is 10.1. The quantitative estimate of drug-likeness (QED) is 0.628. The molecule has 1 aromatic carbocycles. The topological polar surface area (TPSA) is 38.7 Å². The molecule has 0 aliphatic rings. The van der Waals surface area contributed by atoms with Crippen LogP contribution in [0.5, 0.6) is 0 Å². The van der Waals surface area contributed by atoms with Crippen LogP contribution in [0.1, 0.15) is 22.9 Å². The van der Waals surface area contributed by atoms with Gasteiger partial charge in [-0.1, -0.05) is 12.1 Å². The molecule has 4 heteroatoms. The maximum atomic E-state index is 12.1. The average molecular weight is 287 g/mol. The Hall–Kier alpha value is -1.94. The first-order chi connectivity index (χ1) is 9.60. The number of carbonyl (C=O) groups excluding carboxylic acids is 1. The van der Waals surface area contributed by atoms with Gasteiger partial charge in [0.15, 0.2) is 5.71 Å². The van der Waals surface area contributed by atoms with Crippen LogP contribution in [0.15, 0.2) is 40.7 Å². The van der Waals surface area contributed by atoms with Crippen molar-refractivity contribution in [3.8, 4) is 0 Å². The highest BCUT2D eigenvalue weighted by molar-refractivity contribution is 7.13. The Labute approximate surface area is 122 Å². The maximum Gasteiger partial charge on any atom is 0.358 e. The van der Waals surface area contributed by atoms with Gasteiger partial charge in [-0.05, 0) is 55.5 Å². The fourth-order valence-electron chi connectivity index (χ4n) is 1.96. The van der Waals surface area contributed by atoms with Crippen molar-refractivity contribution in [1.29, 1.82) is 0 Å². The number of benzene rings is 1. The van der Waals surface area contributed by atoms with Crippen molar-refractivity contribution < 1.29 is 9.53 Å². The predicted molar refractivity (Wildman–Crippen MR) is 83.1 cm³/mol. The number of aryl methyl sites for hydroxylation is 2. The normalized spacial score (nSPS) is 11.4. The van der Waals surface area contributed by atoms with Crippen molar-refractivity contribution in [2.75, 3.05) is 6.61 Å². The molecular formula is C16H17NO2S. The van der Waals surface area contributed by atoms with E-state index in [-0.39, 0.29) is 5.97 Å². The second kappa shape index (κ2) is 6.48. The molecule has 0 amide bonds.